The summed E-state index contributed by atoms with van der Waals surface area (Å²) in [6, 6.07) is 21.0. The third-order valence-corrected chi connectivity index (χ3v) is 6.75. The summed E-state index contributed by atoms with van der Waals surface area (Å²) in [6.07, 6.45) is 6.97. The maximum atomic E-state index is 13.0. The fourth-order valence-electron chi connectivity index (χ4n) is 3.73. The first kappa shape index (κ1) is 27.3. The minimum Gasteiger partial charge on any atom is -0.491 e. The highest BCUT2D eigenvalue weighted by molar-refractivity contribution is 7.99. The summed E-state index contributed by atoms with van der Waals surface area (Å²) < 4.78 is 6.12. The Balaban J connectivity index is 1.87. The highest BCUT2D eigenvalue weighted by atomic mass is 32.2. The lowest BCUT2D eigenvalue weighted by Gasteiger charge is -2.18. The first-order valence-corrected chi connectivity index (χ1v) is 13.5. The molecule has 0 radical (unpaired) electrons. The number of carbonyl (C=O) groups excluding carboxylic acids is 2. The summed E-state index contributed by atoms with van der Waals surface area (Å²) in [5.74, 6) is 0.178. The van der Waals surface area contributed by atoms with E-state index in [1.165, 1.54) is 49.9 Å². The first-order chi connectivity index (χ1) is 17.5. The van der Waals surface area contributed by atoms with E-state index in [1.807, 2.05) is 49.4 Å². The molecule has 190 valence electrons. The minimum absolute atomic E-state index is 0.174. The van der Waals surface area contributed by atoms with Crippen LogP contribution in [0.1, 0.15) is 68.3 Å². The summed E-state index contributed by atoms with van der Waals surface area (Å²) in [6.45, 7) is 6.29. The maximum Gasteiger partial charge on any atom is 0.255 e. The van der Waals surface area contributed by atoms with Crippen molar-refractivity contribution in [2.45, 2.75) is 69.1 Å². The van der Waals surface area contributed by atoms with Gasteiger partial charge in [-0.3, -0.25) is 9.59 Å². The normalized spacial score (nSPS) is 10.6. The second kappa shape index (κ2) is 14.3. The van der Waals surface area contributed by atoms with Crippen molar-refractivity contribution in [1.29, 1.82) is 0 Å². The summed E-state index contributed by atoms with van der Waals surface area (Å²) in [5, 5.41) is 5.95. The van der Waals surface area contributed by atoms with E-state index in [0.717, 1.165) is 22.6 Å². The SMILES string of the molecule is CCCCCCCCOc1cc(NC(=O)c2ccccc2)c(Sc2ccc(C)cc2)cc1NC(C)=O. The fraction of sp³-hybridized carbons (Fsp3) is 0.333. The third kappa shape index (κ3) is 8.76. The molecule has 2 N–H and O–H groups in total. The van der Waals surface area contributed by atoms with Crippen molar-refractivity contribution in [3.8, 4) is 5.75 Å². The van der Waals surface area contributed by atoms with Gasteiger partial charge in [-0.15, -0.1) is 0 Å². The molecule has 0 bridgehead atoms. The van der Waals surface area contributed by atoms with Gasteiger partial charge in [0.1, 0.15) is 5.75 Å². The standard InChI is InChI=1S/C30H36N2O3S/c1-4-5-6-7-8-12-19-35-28-20-27(32-30(34)24-13-10-9-11-14-24)29(21-26(28)31-23(3)33)36-25-17-15-22(2)16-18-25/h9-11,13-18,20-21H,4-8,12,19H2,1-3H3,(H,31,33)(H,32,34). The average molecular weight is 505 g/mol. The molecule has 0 spiro atoms. The molecule has 6 heteroatoms. The number of ether oxygens (including phenoxy) is 1. The number of aryl methyl sites for hydroxylation is 1. The molecular formula is C30H36N2O3S. The van der Waals surface area contributed by atoms with E-state index in [9.17, 15) is 9.59 Å². The molecule has 0 fully saturated rings. The lowest BCUT2D eigenvalue weighted by atomic mass is 10.1. The van der Waals surface area contributed by atoms with E-state index < -0.39 is 0 Å². The van der Waals surface area contributed by atoms with Crippen LogP contribution in [-0.4, -0.2) is 18.4 Å². The lowest BCUT2D eigenvalue weighted by molar-refractivity contribution is -0.114. The minimum atomic E-state index is -0.199. The molecule has 3 aromatic carbocycles. The van der Waals surface area contributed by atoms with Gasteiger partial charge in [-0.05, 0) is 43.7 Å². The van der Waals surface area contributed by atoms with Crippen LogP contribution in [0.15, 0.2) is 76.5 Å². The Bertz CT molecular complexity index is 1130. The molecule has 0 saturated carbocycles. The van der Waals surface area contributed by atoms with Crippen LogP contribution < -0.4 is 15.4 Å². The van der Waals surface area contributed by atoms with Gasteiger partial charge in [0.25, 0.3) is 5.91 Å². The Morgan fingerprint density at radius 2 is 1.53 bits per heavy atom. The molecule has 5 nitrogen and oxygen atoms in total. The summed E-state index contributed by atoms with van der Waals surface area (Å²) in [7, 11) is 0. The average Bonchev–Trinajstić information content (AvgIpc) is 2.87. The van der Waals surface area contributed by atoms with Crippen molar-refractivity contribution in [2.24, 2.45) is 0 Å². The predicted molar refractivity (Wildman–Crippen MR) is 149 cm³/mol. The molecule has 0 aliphatic heterocycles. The molecule has 0 aliphatic rings. The number of rotatable bonds is 13. The van der Waals surface area contributed by atoms with Crippen LogP contribution in [0.4, 0.5) is 11.4 Å². The molecule has 2 amide bonds. The predicted octanol–water partition coefficient (Wildman–Crippen LogP) is 8.10. The number of unbranched alkanes of at least 4 members (excludes halogenated alkanes) is 5. The summed E-state index contributed by atoms with van der Waals surface area (Å²) in [4.78, 5) is 26.8. The zero-order chi connectivity index (χ0) is 25.8. The Kier molecular flexibility index (Phi) is 10.9. The van der Waals surface area contributed by atoms with Gasteiger partial charge < -0.3 is 15.4 Å². The molecular weight excluding hydrogens is 468 g/mol. The second-order valence-corrected chi connectivity index (χ2v) is 9.99. The quantitative estimate of drug-likeness (QED) is 0.231. The second-order valence-electron chi connectivity index (χ2n) is 8.88. The topological polar surface area (TPSA) is 67.4 Å². The number of amides is 2. The van der Waals surface area contributed by atoms with Crippen molar-refractivity contribution in [3.05, 3.63) is 77.9 Å². The van der Waals surface area contributed by atoms with Crippen molar-refractivity contribution in [1.82, 2.24) is 0 Å². The highest BCUT2D eigenvalue weighted by Crippen LogP contribution is 2.40. The monoisotopic (exact) mass is 504 g/mol. The molecule has 3 rings (SSSR count). The molecule has 0 aliphatic carbocycles. The molecule has 0 heterocycles. The lowest BCUT2D eigenvalue weighted by Crippen LogP contribution is -2.14. The maximum absolute atomic E-state index is 13.0. The number of hydrogen-bond acceptors (Lipinski definition) is 4. The molecule has 0 atom stereocenters. The Morgan fingerprint density at radius 1 is 0.833 bits per heavy atom. The van der Waals surface area contributed by atoms with E-state index in [2.05, 4.69) is 29.7 Å². The van der Waals surface area contributed by atoms with Gasteiger partial charge in [0, 0.05) is 28.3 Å². The van der Waals surface area contributed by atoms with Gasteiger partial charge >= 0.3 is 0 Å². The number of carbonyl (C=O) groups is 2. The van der Waals surface area contributed by atoms with Gasteiger partial charge in [0.2, 0.25) is 5.91 Å². The van der Waals surface area contributed by atoms with Crippen LogP contribution >= 0.6 is 11.8 Å². The van der Waals surface area contributed by atoms with Crippen LogP contribution in [0.25, 0.3) is 0 Å². The van der Waals surface area contributed by atoms with E-state index in [4.69, 9.17) is 4.74 Å². The van der Waals surface area contributed by atoms with Gasteiger partial charge in [0.15, 0.2) is 0 Å². The number of anilines is 2. The van der Waals surface area contributed by atoms with Crippen LogP contribution in [0.5, 0.6) is 5.75 Å². The zero-order valence-electron chi connectivity index (χ0n) is 21.4. The van der Waals surface area contributed by atoms with Gasteiger partial charge in [-0.2, -0.15) is 0 Å². The van der Waals surface area contributed by atoms with Crippen molar-refractivity contribution in [3.63, 3.8) is 0 Å². The molecule has 0 saturated heterocycles. The van der Waals surface area contributed by atoms with Gasteiger partial charge in [-0.25, -0.2) is 0 Å². The number of benzene rings is 3. The zero-order valence-corrected chi connectivity index (χ0v) is 22.3. The summed E-state index contributed by atoms with van der Waals surface area (Å²) in [5.41, 5.74) is 2.99. The largest absolute Gasteiger partial charge is 0.491 e. The van der Waals surface area contributed by atoms with Crippen molar-refractivity contribution >= 4 is 35.0 Å². The van der Waals surface area contributed by atoms with Crippen LogP contribution in [0.3, 0.4) is 0 Å². The van der Waals surface area contributed by atoms with Crippen LogP contribution in [0, 0.1) is 6.92 Å². The molecule has 3 aromatic rings. The smallest absolute Gasteiger partial charge is 0.255 e. The van der Waals surface area contributed by atoms with E-state index >= 15 is 0 Å². The Hall–Kier alpha value is -3.25. The van der Waals surface area contributed by atoms with Crippen molar-refractivity contribution in [2.75, 3.05) is 17.2 Å². The first-order valence-electron chi connectivity index (χ1n) is 12.7. The highest BCUT2D eigenvalue weighted by Gasteiger charge is 2.16. The molecule has 0 unspecified atom stereocenters. The Morgan fingerprint density at radius 3 is 2.22 bits per heavy atom. The Labute approximate surface area is 219 Å². The van der Waals surface area contributed by atoms with Crippen molar-refractivity contribution < 1.29 is 14.3 Å². The molecule has 36 heavy (non-hydrogen) atoms. The number of nitrogens with one attached hydrogen (secondary N) is 2. The summed E-state index contributed by atoms with van der Waals surface area (Å²) >= 11 is 1.53. The number of hydrogen-bond donors (Lipinski definition) is 2. The van der Waals surface area contributed by atoms with Crippen LogP contribution in [-0.2, 0) is 4.79 Å². The van der Waals surface area contributed by atoms with Crippen LogP contribution in [0.2, 0.25) is 0 Å². The van der Waals surface area contributed by atoms with Gasteiger partial charge in [0.05, 0.1) is 18.0 Å². The molecule has 0 aromatic heterocycles. The van der Waals surface area contributed by atoms with E-state index in [1.54, 1.807) is 12.1 Å². The fourth-order valence-corrected chi connectivity index (χ4v) is 4.65. The van der Waals surface area contributed by atoms with Gasteiger partial charge in [-0.1, -0.05) is 86.7 Å². The van der Waals surface area contributed by atoms with E-state index in [-0.39, 0.29) is 11.8 Å². The third-order valence-electron chi connectivity index (χ3n) is 5.68. The van der Waals surface area contributed by atoms with E-state index in [0.29, 0.717) is 29.3 Å².